The molecule has 140 valence electrons. The van der Waals surface area contributed by atoms with Crippen molar-refractivity contribution in [2.75, 3.05) is 30.9 Å². The van der Waals surface area contributed by atoms with E-state index in [1.807, 2.05) is 37.3 Å². The quantitative estimate of drug-likeness (QED) is 0.582. The molecule has 0 aliphatic carbocycles. The predicted molar refractivity (Wildman–Crippen MR) is 103 cm³/mol. The molecule has 0 amide bonds. The van der Waals surface area contributed by atoms with Gasteiger partial charge in [-0.25, -0.2) is 9.37 Å². The van der Waals surface area contributed by atoms with E-state index in [0.29, 0.717) is 24.9 Å². The van der Waals surface area contributed by atoms with E-state index in [1.165, 1.54) is 12.1 Å². The number of hydrogen-bond acceptors (Lipinski definition) is 6. The van der Waals surface area contributed by atoms with Crippen LogP contribution in [0.4, 0.5) is 21.8 Å². The second-order valence-electron chi connectivity index (χ2n) is 5.80. The molecule has 7 heteroatoms. The molecule has 0 spiro atoms. The van der Waals surface area contributed by atoms with E-state index in [9.17, 15) is 4.39 Å². The highest BCUT2D eigenvalue weighted by Crippen LogP contribution is 2.18. The molecule has 0 bridgehead atoms. The number of hydrogen-bond donors (Lipinski definition) is 2. The van der Waals surface area contributed by atoms with Gasteiger partial charge in [0.15, 0.2) is 0 Å². The molecular weight excluding hydrogens is 347 g/mol. The van der Waals surface area contributed by atoms with Crippen LogP contribution in [0, 0.1) is 12.7 Å². The van der Waals surface area contributed by atoms with Gasteiger partial charge in [0.1, 0.15) is 29.7 Å². The van der Waals surface area contributed by atoms with Gasteiger partial charge in [-0.3, -0.25) is 0 Å². The highest BCUT2D eigenvalue weighted by atomic mass is 19.1. The summed E-state index contributed by atoms with van der Waals surface area (Å²) in [7, 11) is 1.63. The molecule has 27 heavy (non-hydrogen) atoms. The molecule has 0 saturated heterocycles. The SMILES string of the molecule is COc1ccc(OCCNc2cc(C)nc(Nc3ccc(F)cc3)n2)cc1. The van der Waals surface area contributed by atoms with Crippen LogP contribution in [0.15, 0.2) is 54.6 Å². The van der Waals surface area contributed by atoms with Crippen LogP contribution in [-0.2, 0) is 0 Å². The molecule has 1 aromatic heterocycles. The summed E-state index contributed by atoms with van der Waals surface area (Å²) in [5.74, 6) is 2.41. The van der Waals surface area contributed by atoms with Gasteiger partial charge in [0.25, 0.3) is 0 Å². The van der Waals surface area contributed by atoms with E-state index in [2.05, 4.69) is 20.6 Å². The maximum Gasteiger partial charge on any atom is 0.229 e. The van der Waals surface area contributed by atoms with Crippen molar-refractivity contribution in [2.45, 2.75) is 6.92 Å². The van der Waals surface area contributed by atoms with Crippen LogP contribution in [0.1, 0.15) is 5.69 Å². The Morgan fingerprint density at radius 1 is 0.963 bits per heavy atom. The zero-order valence-electron chi connectivity index (χ0n) is 15.2. The fourth-order valence-corrected chi connectivity index (χ4v) is 2.40. The maximum absolute atomic E-state index is 13.0. The van der Waals surface area contributed by atoms with Crippen molar-refractivity contribution in [3.8, 4) is 11.5 Å². The molecule has 0 radical (unpaired) electrons. The Balaban J connectivity index is 1.53. The molecular formula is C20H21FN4O2. The molecule has 2 N–H and O–H groups in total. The lowest BCUT2D eigenvalue weighted by molar-refractivity contribution is 0.331. The summed E-state index contributed by atoms with van der Waals surface area (Å²) in [5.41, 5.74) is 1.53. The first-order chi connectivity index (χ1) is 13.1. The van der Waals surface area contributed by atoms with Crippen LogP contribution in [0.25, 0.3) is 0 Å². The highest BCUT2D eigenvalue weighted by Gasteiger charge is 2.03. The van der Waals surface area contributed by atoms with Gasteiger partial charge in [-0.2, -0.15) is 4.98 Å². The number of nitrogens with one attached hydrogen (secondary N) is 2. The van der Waals surface area contributed by atoms with Gasteiger partial charge >= 0.3 is 0 Å². The van der Waals surface area contributed by atoms with Crippen LogP contribution in [-0.4, -0.2) is 30.2 Å². The van der Waals surface area contributed by atoms with E-state index in [4.69, 9.17) is 9.47 Å². The number of rotatable bonds is 8. The topological polar surface area (TPSA) is 68.3 Å². The maximum atomic E-state index is 13.0. The summed E-state index contributed by atoms with van der Waals surface area (Å²) < 4.78 is 23.8. The Kier molecular flexibility index (Phi) is 6.04. The molecule has 0 saturated carbocycles. The minimum Gasteiger partial charge on any atom is -0.497 e. The monoisotopic (exact) mass is 368 g/mol. The standard InChI is InChI=1S/C20H21FN4O2/c1-14-13-19(22-11-12-27-18-9-7-17(26-2)8-10-18)25-20(23-14)24-16-5-3-15(21)4-6-16/h3-10,13H,11-12H2,1-2H3,(H2,22,23,24,25). The Labute approximate surface area is 157 Å². The van der Waals surface area contributed by atoms with Gasteiger partial charge in [-0.15, -0.1) is 0 Å². The molecule has 1 heterocycles. The molecule has 0 unspecified atom stereocenters. The summed E-state index contributed by atoms with van der Waals surface area (Å²) in [4.78, 5) is 8.76. The van der Waals surface area contributed by atoms with E-state index in [0.717, 1.165) is 22.9 Å². The average molecular weight is 368 g/mol. The van der Waals surface area contributed by atoms with Gasteiger partial charge < -0.3 is 20.1 Å². The molecule has 3 aromatic rings. The largest absolute Gasteiger partial charge is 0.497 e. The van der Waals surface area contributed by atoms with Gasteiger partial charge in [0, 0.05) is 17.4 Å². The van der Waals surface area contributed by atoms with Crippen molar-refractivity contribution in [2.24, 2.45) is 0 Å². The summed E-state index contributed by atoms with van der Waals surface area (Å²) in [5, 5.41) is 6.28. The van der Waals surface area contributed by atoms with Gasteiger partial charge in [0.2, 0.25) is 5.95 Å². The number of ether oxygens (including phenoxy) is 2. The van der Waals surface area contributed by atoms with Crippen molar-refractivity contribution in [1.82, 2.24) is 9.97 Å². The zero-order valence-corrected chi connectivity index (χ0v) is 15.2. The van der Waals surface area contributed by atoms with Crippen LogP contribution < -0.4 is 20.1 Å². The van der Waals surface area contributed by atoms with E-state index in [1.54, 1.807) is 19.2 Å². The van der Waals surface area contributed by atoms with Crippen LogP contribution in [0.3, 0.4) is 0 Å². The second kappa shape index (κ2) is 8.84. The van der Waals surface area contributed by atoms with E-state index >= 15 is 0 Å². The number of nitrogens with zero attached hydrogens (tertiary/aromatic N) is 2. The predicted octanol–water partition coefficient (Wildman–Crippen LogP) is 4.17. The fraction of sp³-hybridized carbons (Fsp3) is 0.200. The molecule has 0 fully saturated rings. The van der Waals surface area contributed by atoms with Crippen molar-refractivity contribution >= 4 is 17.5 Å². The summed E-state index contributed by atoms with van der Waals surface area (Å²) in [6, 6.07) is 15.3. The number of methoxy groups -OCH3 is 1. The lowest BCUT2D eigenvalue weighted by Gasteiger charge is -2.11. The minimum atomic E-state index is -0.287. The molecule has 6 nitrogen and oxygen atoms in total. The Hall–Kier alpha value is -3.35. The number of aryl methyl sites for hydroxylation is 1. The first kappa shape index (κ1) is 18.4. The molecule has 3 rings (SSSR count). The lowest BCUT2D eigenvalue weighted by atomic mass is 10.3. The number of aromatic nitrogens is 2. The smallest absolute Gasteiger partial charge is 0.229 e. The number of benzene rings is 2. The fourth-order valence-electron chi connectivity index (χ4n) is 2.40. The highest BCUT2D eigenvalue weighted by molar-refractivity contribution is 5.55. The van der Waals surface area contributed by atoms with E-state index in [-0.39, 0.29) is 5.82 Å². The average Bonchev–Trinajstić information content (AvgIpc) is 2.67. The summed E-state index contributed by atoms with van der Waals surface area (Å²) in [6.45, 7) is 2.95. The molecule has 2 aromatic carbocycles. The summed E-state index contributed by atoms with van der Waals surface area (Å²) in [6.07, 6.45) is 0. The van der Waals surface area contributed by atoms with Gasteiger partial charge in [-0.1, -0.05) is 0 Å². The van der Waals surface area contributed by atoms with Crippen LogP contribution >= 0.6 is 0 Å². The number of halogens is 1. The lowest BCUT2D eigenvalue weighted by Crippen LogP contribution is -2.13. The Morgan fingerprint density at radius 2 is 1.67 bits per heavy atom. The van der Waals surface area contributed by atoms with Crippen molar-refractivity contribution in [1.29, 1.82) is 0 Å². The first-order valence-corrected chi connectivity index (χ1v) is 8.51. The number of anilines is 3. The third-order valence-corrected chi connectivity index (χ3v) is 3.69. The van der Waals surface area contributed by atoms with Crippen LogP contribution in [0.2, 0.25) is 0 Å². The molecule has 0 aliphatic heterocycles. The van der Waals surface area contributed by atoms with Crippen molar-refractivity contribution in [3.05, 3.63) is 66.1 Å². The Morgan fingerprint density at radius 3 is 2.37 bits per heavy atom. The van der Waals surface area contributed by atoms with Crippen LogP contribution in [0.5, 0.6) is 11.5 Å². The van der Waals surface area contributed by atoms with Crippen molar-refractivity contribution < 1.29 is 13.9 Å². The summed E-state index contributed by atoms with van der Waals surface area (Å²) >= 11 is 0. The minimum absolute atomic E-state index is 0.287. The third-order valence-electron chi connectivity index (χ3n) is 3.69. The van der Waals surface area contributed by atoms with E-state index < -0.39 is 0 Å². The Bertz CT molecular complexity index is 870. The second-order valence-corrected chi connectivity index (χ2v) is 5.80. The molecule has 0 aliphatic rings. The third kappa shape index (κ3) is 5.57. The zero-order chi connectivity index (χ0) is 19.1. The van der Waals surface area contributed by atoms with Gasteiger partial charge in [-0.05, 0) is 55.5 Å². The van der Waals surface area contributed by atoms with Gasteiger partial charge in [0.05, 0.1) is 13.7 Å². The first-order valence-electron chi connectivity index (χ1n) is 8.51. The molecule has 0 atom stereocenters. The normalized spacial score (nSPS) is 10.3. The van der Waals surface area contributed by atoms with Crippen molar-refractivity contribution in [3.63, 3.8) is 0 Å².